The van der Waals surface area contributed by atoms with Crippen molar-refractivity contribution in [3.63, 3.8) is 0 Å². The zero-order valence-corrected chi connectivity index (χ0v) is 14.9. The highest BCUT2D eigenvalue weighted by Crippen LogP contribution is 2.32. The van der Waals surface area contributed by atoms with Crippen LogP contribution in [0, 0.1) is 0 Å². The summed E-state index contributed by atoms with van der Waals surface area (Å²) in [6.45, 7) is 6.53. The van der Waals surface area contributed by atoms with E-state index in [1.807, 2.05) is 30.3 Å². The smallest absolute Gasteiger partial charge is 0.305 e. The molecule has 7 nitrogen and oxygen atoms in total. The fraction of sp³-hybridized carbons (Fsp3) is 0.556. The maximum Gasteiger partial charge on any atom is 0.305 e. The molecule has 0 radical (unpaired) electrons. The van der Waals surface area contributed by atoms with Crippen molar-refractivity contribution < 1.29 is 33.3 Å². The van der Waals surface area contributed by atoms with Crippen LogP contribution in [0.15, 0.2) is 30.3 Å². The molecule has 1 aliphatic rings. The van der Waals surface area contributed by atoms with E-state index in [0.29, 0.717) is 6.61 Å². The second kappa shape index (κ2) is 8.42. The van der Waals surface area contributed by atoms with Gasteiger partial charge in [-0.05, 0) is 19.4 Å². The van der Waals surface area contributed by atoms with Gasteiger partial charge in [-0.15, -0.1) is 0 Å². The Morgan fingerprint density at radius 3 is 2.24 bits per heavy atom. The third-order valence-corrected chi connectivity index (χ3v) is 3.45. The maximum atomic E-state index is 11.3. The predicted molar refractivity (Wildman–Crippen MR) is 87.2 cm³/mol. The molecular weight excluding hydrogens is 328 g/mol. The van der Waals surface area contributed by atoms with Crippen molar-refractivity contribution in [1.82, 2.24) is 0 Å². The first-order valence-electron chi connectivity index (χ1n) is 8.08. The zero-order chi connectivity index (χ0) is 18.4. The molecule has 1 aromatic carbocycles. The van der Waals surface area contributed by atoms with Crippen LogP contribution < -0.4 is 0 Å². The first kappa shape index (κ1) is 19.4. The van der Waals surface area contributed by atoms with Gasteiger partial charge in [0.15, 0.2) is 11.9 Å². The highest BCUT2D eigenvalue weighted by Gasteiger charge is 2.48. The molecule has 1 heterocycles. The van der Waals surface area contributed by atoms with Crippen molar-refractivity contribution in [3.05, 3.63) is 35.9 Å². The highest BCUT2D eigenvalue weighted by molar-refractivity contribution is 5.68. The normalized spacial score (nSPS) is 22.0. The topological polar surface area (TPSA) is 80.3 Å². The minimum Gasteiger partial charge on any atom is -0.422 e. The fourth-order valence-electron chi connectivity index (χ4n) is 2.58. The Kier molecular flexibility index (Phi) is 6.52. The number of ether oxygens (including phenoxy) is 5. The van der Waals surface area contributed by atoms with Crippen molar-refractivity contribution in [2.75, 3.05) is 6.61 Å². The maximum absolute atomic E-state index is 11.3. The number of hydrogen-bond donors (Lipinski definition) is 0. The molecule has 0 unspecified atom stereocenters. The van der Waals surface area contributed by atoms with Crippen LogP contribution in [0.3, 0.4) is 0 Å². The molecule has 7 heteroatoms. The number of rotatable bonds is 7. The quantitative estimate of drug-likeness (QED) is 0.549. The molecule has 0 saturated carbocycles. The molecule has 1 saturated heterocycles. The minimum atomic E-state index is -1.19. The van der Waals surface area contributed by atoms with E-state index in [-0.39, 0.29) is 6.61 Å². The summed E-state index contributed by atoms with van der Waals surface area (Å²) in [5, 5.41) is 0. The molecule has 1 fully saturated rings. The van der Waals surface area contributed by atoms with E-state index < -0.39 is 36.2 Å². The summed E-state index contributed by atoms with van der Waals surface area (Å²) in [4.78, 5) is 22.6. The molecule has 2 atom stereocenters. The lowest BCUT2D eigenvalue weighted by atomic mass is 10.2. The Labute approximate surface area is 147 Å². The average molecular weight is 352 g/mol. The lowest BCUT2D eigenvalue weighted by Crippen LogP contribution is -2.42. The summed E-state index contributed by atoms with van der Waals surface area (Å²) < 4.78 is 27.5. The molecule has 0 aliphatic carbocycles. The van der Waals surface area contributed by atoms with Gasteiger partial charge in [-0.25, -0.2) is 0 Å². The fourth-order valence-corrected chi connectivity index (χ4v) is 2.58. The SMILES string of the molecule is CC(=O)OC(OC(C)=O)[C@@H]1OC(C)(C)O[C@H]1COCc1ccccc1. The molecular formula is C18H24O7. The van der Waals surface area contributed by atoms with Crippen molar-refractivity contribution in [1.29, 1.82) is 0 Å². The average Bonchev–Trinajstić information content (AvgIpc) is 2.82. The van der Waals surface area contributed by atoms with Gasteiger partial charge in [0, 0.05) is 13.8 Å². The molecule has 0 bridgehead atoms. The predicted octanol–water partition coefficient (Wildman–Crippen LogP) is 2.18. The van der Waals surface area contributed by atoms with E-state index in [9.17, 15) is 9.59 Å². The third kappa shape index (κ3) is 6.12. The van der Waals surface area contributed by atoms with Gasteiger partial charge in [-0.1, -0.05) is 30.3 Å². The van der Waals surface area contributed by atoms with Crippen molar-refractivity contribution in [2.24, 2.45) is 0 Å². The number of hydrogen-bond acceptors (Lipinski definition) is 7. The zero-order valence-electron chi connectivity index (χ0n) is 14.9. The second-order valence-corrected chi connectivity index (χ2v) is 6.23. The lowest BCUT2D eigenvalue weighted by Gasteiger charge is -2.25. The molecule has 25 heavy (non-hydrogen) atoms. The summed E-state index contributed by atoms with van der Waals surface area (Å²) >= 11 is 0. The highest BCUT2D eigenvalue weighted by atomic mass is 16.8. The monoisotopic (exact) mass is 352 g/mol. The van der Waals surface area contributed by atoms with Gasteiger partial charge in [-0.3, -0.25) is 9.59 Å². The molecule has 2 rings (SSSR count). The molecule has 0 aromatic heterocycles. The van der Waals surface area contributed by atoms with E-state index in [1.54, 1.807) is 13.8 Å². The lowest BCUT2D eigenvalue weighted by molar-refractivity contribution is -0.218. The van der Waals surface area contributed by atoms with Crippen molar-refractivity contribution in [3.8, 4) is 0 Å². The molecule has 0 spiro atoms. The van der Waals surface area contributed by atoms with E-state index in [2.05, 4.69) is 0 Å². The van der Waals surface area contributed by atoms with Crippen LogP contribution in [0.25, 0.3) is 0 Å². The number of carbonyl (C=O) groups is 2. The van der Waals surface area contributed by atoms with Crippen molar-refractivity contribution in [2.45, 2.75) is 58.6 Å². The number of carbonyl (C=O) groups excluding carboxylic acids is 2. The van der Waals surface area contributed by atoms with Gasteiger partial charge in [0.25, 0.3) is 6.29 Å². The van der Waals surface area contributed by atoms with Crippen LogP contribution in [-0.4, -0.2) is 42.8 Å². The third-order valence-electron chi connectivity index (χ3n) is 3.45. The van der Waals surface area contributed by atoms with Gasteiger partial charge in [0.05, 0.1) is 13.2 Å². The summed E-state index contributed by atoms with van der Waals surface area (Å²) in [6.07, 6.45) is -2.52. The van der Waals surface area contributed by atoms with Gasteiger partial charge in [-0.2, -0.15) is 0 Å². The van der Waals surface area contributed by atoms with Crippen LogP contribution >= 0.6 is 0 Å². The molecule has 1 aliphatic heterocycles. The van der Waals surface area contributed by atoms with E-state index in [1.165, 1.54) is 13.8 Å². The Bertz CT molecular complexity index is 568. The van der Waals surface area contributed by atoms with Crippen LogP contribution in [0.4, 0.5) is 0 Å². The van der Waals surface area contributed by atoms with Gasteiger partial charge >= 0.3 is 11.9 Å². The van der Waals surface area contributed by atoms with Gasteiger partial charge in [0.2, 0.25) is 0 Å². The Hall–Kier alpha value is -1.96. The first-order valence-corrected chi connectivity index (χ1v) is 8.08. The van der Waals surface area contributed by atoms with E-state index in [0.717, 1.165) is 5.56 Å². The number of benzene rings is 1. The van der Waals surface area contributed by atoms with E-state index in [4.69, 9.17) is 23.7 Å². The Balaban J connectivity index is 2.02. The van der Waals surface area contributed by atoms with Crippen molar-refractivity contribution >= 4 is 11.9 Å². The second-order valence-electron chi connectivity index (χ2n) is 6.23. The van der Waals surface area contributed by atoms with Crippen LogP contribution in [0.5, 0.6) is 0 Å². The molecule has 0 N–H and O–H groups in total. The first-order chi connectivity index (χ1) is 11.8. The number of esters is 2. The van der Waals surface area contributed by atoms with Crippen LogP contribution in [0.1, 0.15) is 33.3 Å². The van der Waals surface area contributed by atoms with E-state index >= 15 is 0 Å². The van der Waals surface area contributed by atoms with Gasteiger partial charge in [0.1, 0.15) is 6.10 Å². The summed E-state index contributed by atoms with van der Waals surface area (Å²) in [5.74, 6) is -2.07. The summed E-state index contributed by atoms with van der Waals surface area (Å²) in [5.41, 5.74) is 1.02. The standard InChI is InChI=1S/C18H24O7/c1-12(19)22-17(23-13(2)20)16-15(24-18(3,4)25-16)11-21-10-14-8-6-5-7-9-14/h5-9,15-17H,10-11H2,1-4H3/t15-,16+/m0/s1. The summed E-state index contributed by atoms with van der Waals surface area (Å²) in [7, 11) is 0. The Morgan fingerprint density at radius 1 is 1.08 bits per heavy atom. The largest absolute Gasteiger partial charge is 0.422 e. The minimum absolute atomic E-state index is 0.196. The molecule has 0 amide bonds. The van der Waals surface area contributed by atoms with Crippen LogP contribution in [0.2, 0.25) is 0 Å². The van der Waals surface area contributed by atoms with Crippen LogP contribution in [-0.2, 0) is 39.9 Å². The summed E-state index contributed by atoms with van der Waals surface area (Å²) in [6, 6.07) is 9.69. The molecule has 1 aromatic rings. The molecule has 138 valence electrons. The van der Waals surface area contributed by atoms with Gasteiger partial charge < -0.3 is 23.7 Å². The Morgan fingerprint density at radius 2 is 1.68 bits per heavy atom.